The Morgan fingerprint density at radius 3 is 2.44 bits per heavy atom. The van der Waals surface area contributed by atoms with Crippen molar-refractivity contribution >= 4 is 17.5 Å². The predicted molar refractivity (Wildman–Crippen MR) is 132 cm³/mol. The number of aryl methyl sites for hydroxylation is 1. The number of nitrogens with one attached hydrogen (secondary N) is 1. The quantitative estimate of drug-likeness (QED) is 0.552. The molecule has 4 rings (SSSR count). The van der Waals surface area contributed by atoms with Crippen LogP contribution in [0.25, 0.3) is 0 Å². The summed E-state index contributed by atoms with van der Waals surface area (Å²) in [5.41, 5.74) is 3.35. The molecule has 6 nitrogen and oxygen atoms in total. The fourth-order valence-electron chi connectivity index (χ4n) is 4.56. The number of aliphatic hydroxyl groups is 1. The zero-order valence-corrected chi connectivity index (χ0v) is 19.5. The van der Waals surface area contributed by atoms with Gasteiger partial charge in [0.05, 0.1) is 25.2 Å². The number of methoxy groups -OCH3 is 1. The zero-order valence-electron chi connectivity index (χ0n) is 19.5. The third-order valence-electron chi connectivity index (χ3n) is 6.36. The largest absolute Gasteiger partial charge is 0.496 e. The zero-order chi connectivity index (χ0) is 24.1. The van der Waals surface area contributed by atoms with Gasteiger partial charge in [0.15, 0.2) is 0 Å². The second-order valence-corrected chi connectivity index (χ2v) is 8.60. The molecule has 2 amide bonds. The van der Waals surface area contributed by atoms with E-state index in [9.17, 15) is 14.7 Å². The number of amides is 2. The summed E-state index contributed by atoms with van der Waals surface area (Å²) in [6, 6.07) is 24.0. The van der Waals surface area contributed by atoms with Crippen molar-refractivity contribution in [3.05, 3.63) is 95.6 Å². The number of piperidine rings is 1. The average Bonchev–Trinajstić information content (AvgIpc) is 2.88. The Balaban J connectivity index is 1.66. The van der Waals surface area contributed by atoms with Crippen LogP contribution in [0, 0.1) is 12.8 Å². The van der Waals surface area contributed by atoms with Crippen molar-refractivity contribution in [2.45, 2.75) is 31.9 Å². The second kappa shape index (κ2) is 10.5. The number of carbonyl (C=O) groups excluding carboxylic acids is 2. The molecule has 3 aromatic carbocycles. The average molecular weight is 459 g/mol. The van der Waals surface area contributed by atoms with E-state index in [1.807, 2.05) is 85.8 Å². The SMILES string of the molecule is COc1ccccc1C1C(C(=O)NCC(O)c2ccccc2)CCC(=O)N1c1ccc(C)cc1. The van der Waals surface area contributed by atoms with Crippen molar-refractivity contribution in [2.75, 3.05) is 18.6 Å². The van der Waals surface area contributed by atoms with E-state index >= 15 is 0 Å². The summed E-state index contributed by atoms with van der Waals surface area (Å²) in [4.78, 5) is 28.4. The highest BCUT2D eigenvalue weighted by Gasteiger charge is 2.42. The summed E-state index contributed by atoms with van der Waals surface area (Å²) in [5, 5.41) is 13.4. The van der Waals surface area contributed by atoms with E-state index in [1.165, 1.54) is 0 Å². The molecule has 3 aromatic rings. The van der Waals surface area contributed by atoms with Crippen LogP contribution < -0.4 is 15.0 Å². The molecule has 6 heteroatoms. The minimum Gasteiger partial charge on any atom is -0.496 e. The molecule has 1 fully saturated rings. The Morgan fingerprint density at radius 2 is 1.74 bits per heavy atom. The Kier molecular flexibility index (Phi) is 7.28. The lowest BCUT2D eigenvalue weighted by molar-refractivity contribution is -0.129. The number of aliphatic hydroxyl groups excluding tert-OH is 1. The van der Waals surface area contributed by atoms with Gasteiger partial charge in [0.25, 0.3) is 0 Å². The normalized spacial score (nSPS) is 18.9. The number of carbonyl (C=O) groups is 2. The Bertz CT molecular complexity index is 1130. The molecule has 1 saturated heterocycles. The number of hydrogen-bond acceptors (Lipinski definition) is 4. The number of nitrogens with zero attached hydrogens (tertiary/aromatic N) is 1. The minimum absolute atomic E-state index is 0.0341. The smallest absolute Gasteiger partial charge is 0.227 e. The van der Waals surface area contributed by atoms with Crippen LogP contribution in [0.15, 0.2) is 78.9 Å². The Labute approximate surface area is 200 Å². The first-order chi connectivity index (χ1) is 16.5. The van der Waals surface area contributed by atoms with E-state index in [4.69, 9.17) is 4.74 Å². The number of hydrogen-bond donors (Lipinski definition) is 2. The van der Waals surface area contributed by atoms with Crippen LogP contribution in [0.4, 0.5) is 5.69 Å². The number of rotatable bonds is 7. The topological polar surface area (TPSA) is 78.9 Å². The van der Waals surface area contributed by atoms with Gasteiger partial charge in [-0.1, -0.05) is 66.2 Å². The van der Waals surface area contributed by atoms with Gasteiger partial charge in [-0.3, -0.25) is 9.59 Å². The fourth-order valence-corrected chi connectivity index (χ4v) is 4.56. The molecule has 0 aromatic heterocycles. The standard InChI is InChI=1S/C28H30N2O4/c1-19-12-14-21(15-13-19)30-26(32)17-16-23(27(30)22-10-6-7-11-25(22)34-2)28(33)29-18-24(31)20-8-4-3-5-9-20/h3-15,23-24,27,31H,16-18H2,1-2H3,(H,29,33). The third-order valence-corrected chi connectivity index (χ3v) is 6.36. The van der Waals surface area contributed by atoms with Gasteiger partial charge in [-0.25, -0.2) is 0 Å². The lowest BCUT2D eigenvalue weighted by Crippen LogP contribution is -2.49. The van der Waals surface area contributed by atoms with Crippen molar-refractivity contribution in [1.82, 2.24) is 5.32 Å². The molecule has 0 spiro atoms. The lowest BCUT2D eigenvalue weighted by atomic mass is 9.82. The summed E-state index contributed by atoms with van der Waals surface area (Å²) in [6.07, 6.45) is -0.135. The fraction of sp³-hybridized carbons (Fsp3) is 0.286. The highest BCUT2D eigenvalue weighted by molar-refractivity contribution is 5.97. The van der Waals surface area contributed by atoms with Gasteiger partial charge in [0, 0.05) is 24.2 Å². The van der Waals surface area contributed by atoms with Crippen LogP contribution in [0.1, 0.15) is 41.7 Å². The van der Waals surface area contributed by atoms with E-state index in [0.29, 0.717) is 12.2 Å². The molecule has 0 radical (unpaired) electrons. The molecule has 1 aliphatic heterocycles. The maximum absolute atomic E-state index is 13.5. The summed E-state index contributed by atoms with van der Waals surface area (Å²) in [7, 11) is 1.59. The maximum Gasteiger partial charge on any atom is 0.227 e. The second-order valence-electron chi connectivity index (χ2n) is 8.60. The summed E-state index contributed by atoms with van der Waals surface area (Å²) in [5.74, 6) is -0.108. The third kappa shape index (κ3) is 4.97. The van der Waals surface area contributed by atoms with Crippen LogP contribution in [-0.2, 0) is 9.59 Å². The van der Waals surface area contributed by atoms with Gasteiger partial charge in [0.2, 0.25) is 11.8 Å². The molecule has 3 unspecified atom stereocenters. The van der Waals surface area contributed by atoms with E-state index in [1.54, 1.807) is 12.0 Å². The Hall–Kier alpha value is -3.64. The van der Waals surface area contributed by atoms with Crippen LogP contribution in [0.5, 0.6) is 5.75 Å². The lowest BCUT2D eigenvalue weighted by Gasteiger charge is -2.41. The van der Waals surface area contributed by atoms with Crippen LogP contribution >= 0.6 is 0 Å². The van der Waals surface area contributed by atoms with E-state index in [-0.39, 0.29) is 24.8 Å². The van der Waals surface area contributed by atoms with Gasteiger partial charge in [-0.2, -0.15) is 0 Å². The molecule has 1 heterocycles. The number of benzene rings is 3. The van der Waals surface area contributed by atoms with Gasteiger partial charge >= 0.3 is 0 Å². The van der Waals surface area contributed by atoms with Gasteiger partial charge < -0.3 is 20.1 Å². The van der Waals surface area contributed by atoms with E-state index in [2.05, 4.69) is 5.32 Å². The summed E-state index contributed by atoms with van der Waals surface area (Å²) < 4.78 is 5.61. The molecular weight excluding hydrogens is 428 g/mol. The van der Waals surface area contributed by atoms with Crippen LogP contribution in [0.3, 0.4) is 0 Å². The van der Waals surface area contributed by atoms with Gasteiger partial charge in [-0.15, -0.1) is 0 Å². The van der Waals surface area contributed by atoms with E-state index < -0.39 is 18.1 Å². The van der Waals surface area contributed by atoms with Crippen LogP contribution in [-0.4, -0.2) is 30.6 Å². The van der Waals surface area contributed by atoms with Crippen molar-refractivity contribution in [2.24, 2.45) is 5.92 Å². The summed E-state index contributed by atoms with van der Waals surface area (Å²) >= 11 is 0. The van der Waals surface area contributed by atoms with Crippen molar-refractivity contribution in [3.8, 4) is 5.75 Å². The molecule has 176 valence electrons. The first kappa shape index (κ1) is 23.5. The molecule has 0 aliphatic carbocycles. The molecule has 0 bridgehead atoms. The first-order valence-corrected chi connectivity index (χ1v) is 11.5. The number of para-hydroxylation sites is 1. The first-order valence-electron chi connectivity index (χ1n) is 11.5. The molecular formula is C28H30N2O4. The highest BCUT2D eigenvalue weighted by Crippen LogP contribution is 2.43. The summed E-state index contributed by atoms with van der Waals surface area (Å²) in [6.45, 7) is 2.09. The van der Waals surface area contributed by atoms with Crippen molar-refractivity contribution < 1.29 is 19.4 Å². The van der Waals surface area contributed by atoms with Gasteiger partial charge in [-0.05, 0) is 37.1 Å². The molecule has 0 saturated carbocycles. The van der Waals surface area contributed by atoms with Crippen molar-refractivity contribution in [1.29, 1.82) is 0 Å². The predicted octanol–water partition coefficient (Wildman–Crippen LogP) is 4.34. The van der Waals surface area contributed by atoms with Gasteiger partial charge in [0.1, 0.15) is 5.75 Å². The van der Waals surface area contributed by atoms with E-state index in [0.717, 1.165) is 22.4 Å². The number of anilines is 1. The minimum atomic E-state index is -0.812. The highest BCUT2D eigenvalue weighted by atomic mass is 16.5. The van der Waals surface area contributed by atoms with Crippen molar-refractivity contribution in [3.63, 3.8) is 0 Å². The van der Waals surface area contributed by atoms with Crippen LogP contribution in [0.2, 0.25) is 0 Å². The molecule has 2 N–H and O–H groups in total. The Morgan fingerprint density at radius 1 is 1.06 bits per heavy atom. The molecule has 3 atom stereocenters. The monoisotopic (exact) mass is 458 g/mol. The molecule has 1 aliphatic rings. The maximum atomic E-state index is 13.5. The number of ether oxygens (including phenoxy) is 1. The molecule has 34 heavy (non-hydrogen) atoms.